The molecule has 7 heteroatoms. The molecule has 1 saturated heterocycles. The summed E-state index contributed by atoms with van der Waals surface area (Å²) in [7, 11) is 0. The Morgan fingerprint density at radius 2 is 1.88 bits per heavy atom. The predicted molar refractivity (Wildman–Crippen MR) is 123 cm³/mol. The summed E-state index contributed by atoms with van der Waals surface area (Å²) >= 11 is 0. The molecule has 0 spiro atoms. The summed E-state index contributed by atoms with van der Waals surface area (Å²) in [5.41, 5.74) is 1.20. The minimum Gasteiger partial charge on any atom is -0.465 e. The Hall–Kier alpha value is -2.64. The first-order valence-electron chi connectivity index (χ1n) is 11.5. The highest BCUT2D eigenvalue weighted by Gasteiger charge is 2.29. The Morgan fingerprint density at radius 1 is 1.12 bits per heavy atom. The number of carbonyl (C=O) groups is 2. The lowest BCUT2D eigenvalue weighted by atomic mass is 10.1. The molecule has 0 radical (unpaired) electrons. The third-order valence-electron chi connectivity index (χ3n) is 5.84. The van der Waals surface area contributed by atoms with Crippen molar-refractivity contribution in [3.05, 3.63) is 59.5 Å². The standard InChI is InChI=1S/C25H35N3O4/c1-4-27(5-2)25(30)19-31-23-16-26(15-22-12-11-20(3)32-22)18-24(29)28(17-23)14-13-21-9-7-6-8-10-21/h6-12,23H,4-5,13-19H2,1-3H3. The van der Waals surface area contributed by atoms with Crippen LogP contribution in [0, 0.1) is 6.92 Å². The quantitative estimate of drug-likeness (QED) is 0.567. The monoisotopic (exact) mass is 441 g/mol. The molecule has 2 heterocycles. The van der Waals surface area contributed by atoms with Crippen molar-refractivity contribution < 1.29 is 18.7 Å². The van der Waals surface area contributed by atoms with Gasteiger partial charge >= 0.3 is 0 Å². The summed E-state index contributed by atoms with van der Waals surface area (Å²) in [5, 5.41) is 0. The Labute approximate surface area is 190 Å². The largest absolute Gasteiger partial charge is 0.465 e. The van der Waals surface area contributed by atoms with Crippen molar-refractivity contribution in [3.8, 4) is 0 Å². The molecule has 0 N–H and O–H groups in total. The van der Waals surface area contributed by atoms with Crippen LogP contribution in [0.4, 0.5) is 0 Å². The van der Waals surface area contributed by atoms with Crippen molar-refractivity contribution in [2.75, 3.05) is 45.9 Å². The molecule has 1 unspecified atom stereocenters. The van der Waals surface area contributed by atoms with Crippen LogP contribution in [0.2, 0.25) is 0 Å². The van der Waals surface area contributed by atoms with Gasteiger partial charge in [0, 0.05) is 32.7 Å². The first-order chi connectivity index (χ1) is 15.5. The van der Waals surface area contributed by atoms with Crippen LogP contribution in [0.1, 0.15) is 30.9 Å². The van der Waals surface area contributed by atoms with Crippen LogP contribution in [0.15, 0.2) is 46.9 Å². The zero-order chi connectivity index (χ0) is 22.9. The van der Waals surface area contributed by atoms with Gasteiger partial charge in [-0.1, -0.05) is 30.3 Å². The summed E-state index contributed by atoms with van der Waals surface area (Å²) in [5.74, 6) is 1.73. The van der Waals surface area contributed by atoms with Gasteiger partial charge in [-0.05, 0) is 44.9 Å². The third kappa shape index (κ3) is 6.93. The van der Waals surface area contributed by atoms with Crippen LogP contribution in [-0.4, -0.2) is 78.5 Å². The smallest absolute Gasteiger partial charge is 0.248 e. The minimum absolute atomic E-state index is 0.0189. The molecule has 1 aromatic carbocycles. The highest BCUT2D eigenvalue weighted by molar-refractivity contribution is 5.79. The zero-order valence-corrected chi connectivity index (χ0v) is 19.5. The fraction of sp³-hybridized carbons (Fsp3) is 0.520. The van der Waals surface area contributed by atoms with E-state index in [0.29, 0.717) is 45.8 Å². The molecule has 174 valence electrons. The average molecular weight is 442 g/mol. The number of benzene rings is 1. The fourth-order valence-corrected chi connectivity index (χ4v) is 4.05. The molecule has 0 saturated carbocycles. The van der Waals surface area contributed by atoms with Crippen LogP contribution >= 0.6 is 0 Å². The van der Waals surface area contributed by atoms with Gasteiger partial charge in [-0.25, -0.2) is 0 Å². The Bertz CT molecular complexity index is 863. The maximum atomic E-state index is 13.0. The Morgan fingerprint density at radius 3 is 2.53 bits per heavy atom. The second-order valence-electron chi connectivity index (χ2n) is 8.26. The molecule has 1 aliphatic heterocycles. The van der Waals surface area contributed by atoms with Crippen molar-refractivity contribution in [1.29, 1.82) is 0 Å². The lowest BCUT2D eigenvalue weighted by molar-refractivity contribution is -0.138. The van der Waals surface area contributed by atoms with Crippen molar-refractivity contribution in [2.24, 2.45) is 0 Å². The molecule has 1 aromatic heterocycles. The normalized spacial score (nSPS) is 17.4. The molecular formula is C25H35N3O4. The molecule has 1 fully saturated rings. The number of nitrogens with zero attached hydrogens (tertiary/aromatic N) is 3. The minimum atomic E-state index is -0.243. The second kappa shape index (κ2) is 11.8. The number of hydrogen-bond acceptors (Lipinski definition) is 5. The van der Waals surface area contributed by atoms with Gasteiger partial charge in [0.15, 0.2) is 0 Å². The van der Waals surface area contributed by atoms with Gasteiger partial charge in [0.2, 0.25) is 11.8 Å². The van der Waals surface area contributed by atoms with Gasteiger partial charge in [0.05, 0.1) is 19.2 Å². The molecule has 0 aliphatic carbocycles. The maximum Gasteiger partial charge on any atom is 0.248 e. The van der Waals surface area contributed by atoms with Crippen LogP contribution in [-0.2, 0) is 27.3 Å². The predicted octanol–water partition coefficient (Wildman–Crippen LogP) is 2.73. The van der Waals surface area contributed by atoms with E-state index in [1.54, 1.807) is 4.90 Å². The van der Waals surface area contributed by atoms with Crippen molar-refractivity contribution in [2.45, 2.75) is 39.8 Å². The van der Waals surface area contributed by atoms with Crippen molar-refractivity contribution in [3.63, 3.8) is 0 Å². The van der Waals surface area contributed by atoms with Crippen LogP contribution < -0.4 is 0 Å². The number of ether oxygens (including phenoxy) is 1. The van der Waals surface area contributed by atoms with E-state index in [-0.39, 0.29) is 24.5 Å². The van der Waals surface area contributed by atoms with E-state index in [4.69, 9.17) is 9.15 Å². The molecule has 1 atom stereocenters. The Balaban J connectivity index is 1.67. The topological polar surface area (TPSA) is 66.2 Å². The van der Waals surface area contributed by atoms with E-state index < -0.39 is 0 Å². The van der Waals surface area contributed by atoms with Crippen LogP contribution in [0.25, 0.3) is 0 Å². The summed E-state index contributed by atoms with van der Waals surface area (Å²) in [4.78, 5) is 31.2. The van der Waals surface area contributed by atoms with Gasteiger partial charge in [-0.15, -0.1) is 0 Å². The maximum absolute atomic E-state index is 13.0. The summed E-state index contributed by atoms with van der Waals surface area (Å²) in [6.07, 6.45) is 0.544. The van der Waals surface area contributed by atoms with E-state index in [0.717, 1.165) is 17.9 Å². The SMILES string of the molecule is CCN(CC)C(=O)COC1CN(Cc2ccc(C)o2)CC(=O)N(CCc2ccccc2)C1. The van der Waals surface area contributed by atoms with Gasteiger partial charge in [0.25, 0.3) is 0 Å². The molecule has 2 amide bonds. The van der Waals surface area contributed by atoms with Gasteiger partial charge in [-0.2, -0.15) is 0 Å². The third-order valence-corrected chi connectivity index (χ3v) is 5.84. The number of furan rings is 1. The van der Waals surface area contributed by atoms with Gasteiger partial charge < -0.3 is 19.0 Å². The van der Waals surface area contributed by atoms with E-state index in [2.05, 4.69) is 17.0 Å². The van der Waals surface area contributed by atoms with Crippen LogP contribution in [0.5, 0.6) is 0 Å². The van der Waals surface area contributed by atoms with E-state index in [1.165, 1.54) is 5.56 Å². The molecular weight excluding hydrogens is 406 g/mol. The van der Waals surface area contributed by atoms with E-state index in [1.807, 2.05) is 56.0 Å². The zero-order valence-electron chi connectivity index (χ0n) is 19.5. The fourth-order valence-electron chi connectivity index (χ4n) is 4.05. The molecule has 7 nitrogen and oxygen atoms in total. The van der Waals surface area contributed by atoms with E-state index in [9.17, 15) is 9.59 Å². The lowest BCUT2D eigenvalue weighted by Gasteiger charge is -2.26. The number of amides is 2. The molecule has 2 aromatic rings. The number of rotatable bonds is 10. The van der Waals surface area contributed by atoms with Gasteiger partial charge in [-0.3, -0.25) is 14.5 Å². The highest BCUT2D eigenvalue weighted by atomic mass is 16.5. The molecule has 0 bridgehead atoms. The first-order valence-corrected chi connectivity index (χ1v) is 11.5. The summed E-state index contributed by atoms with van der Waals surface area (Å²) in [6.45, 7) is 9.70. The van der Waals surface area contributed by atoms with Gasteiger partial charge in [0.1, 0.15) is 18.1 Å². The molecule has 32 heavy (non-hydrogen) atoms. The highest BCUT2D eigenvalue weighted by Crippen LogP contribution is 2.15. The Kier molecular flexibility index (Phi) is 8.88. The average Bonchev–Trinajstić information content (AvgIpc) is 3.13. The molecule has 1 aliphatic rings. The van der Waals surface area contributed by atoms with Crippen LogP contribution in [0.3, 0.4) is 0 Å². The van der Waals surface area contributed by atoms with Crippen molar-refractivity contribution in [1.82, 2.24) is 14.7 Å². The number of likely N-dealkylation sites (N-methyl/N-ethyl adjacent to an activating group) is 1. The lowest BCUT2D eigenvalue weighted by Crippen LogP contribution is -2.41. The van der Waals surface area contributed by atoms with E-state index >= 15 is 0 Å². The number of carbonyl (C=O) groups excluding carboxylic acids is 2. The first kappa shape index (κ1) is 24.0. The second-order valence-corrected chi connectivity index (χ2v) is 8.26. The summed E-state index contributed by atoms with van der Waals surface area (Å²) in [6, 6.07) is 14.0. The number of aryl methyl sites for hydroxylation is 1. The summed E-state index contributed by atoms with van der Waals surface area (Å²) < 4.78 is 11.8. The van der Waals surface area contributed by atoms with Crippen molar-refractivity contribution >= 4 is 11.8 Å². The number of hydrogen-bond donors (Lipinski definition) is 0. The molecule has 3 rings (SSSR count).